The molecule has 0 aromatic carbocycles. The van der Waals surface area contributed by atoms with Crippen molar-refractivity contribution in [2.75, 3.05) is 13.2 Å². The molecular weight excluding hydrogens is 680 g/mol. The highest BCUT2D eigenvalue weighted by atomic mass is 16.7. The summed E-state index contributed by atoms with van der Waals surface area (Å²) in [5.74, 6) is -1.23. The number of hydrogen-bond acceptors (Lipinski definition) is 10. The number of allylic oxidation sites excluding steroid dienone is 2. The van der Waals surface area contributed by atoms with Gasteiger partial charge in [0.2, 0.25) is 0 Å². The number of carboxylic acids is 1. The summed E-state index contributed by atoms with van der Waals surface area (Å²) >= 11 is 0. The molecule has 6 fully saturated rings. The van der Waals surface area contributed by atoms with E-state index in [-0.39, 0.29) is 52.1 Å². The van der Waals surface area contributed by atoms with E-state index >= 15 is 0 Å². The molecule has 11 nitrogen and oxygen atoms in total. The van der Waals surface area contributed by atoms with E-state index in [4.69, 9.17) is 14.2 Å². The van der Waals surface area contributed by atoms with Gasteiger partial charge in [0, 0.05) is 12.5 Å². The molecule has 300 valence electrons. The van der Waals surface area contributed by atoms with Gasteiger partial charge in [-0.25, -0.2) is 0 Å². The highest BCUT2D eigenvalue weighted by Crippen LogP contribution is 2.76. The molecule has 0 radical (unpaired) electrons. The second-order valence-corrected chi connectivity index (χ2v) is 20.5. The van der Waals surface area contributed by atoms with Crippen molar-refractivity contribution in [3.8, 4) is 0 Å². The molecule has 0 aromatic heterocycles. The number of rotatable bonds is 6. The van der Waals surface area contributed by atoms with Crippen molar-refractivity contribution in [2.45, 2.75) is 168 Å². The zero-order valence-corrected chi connectivity index (χ0v) is 32.9. The van der Waals surface area contributed by atoms with Crippen LogP contribution < -0.4 is 0 Å². The molecule has 1 saturated heterocycles. The second kappa shape index (κ2) is 13.3. The van der Waals surface area contributed by atoms with Crippen LogP contribution in [0.4, 0.5) is 0 Å². The summed E-state index contributed by atoms with van der Waals surface area (Å²) in [7, 11) is 0. The van der Waals surface area contributed by atoms with Crippen LogP contribution in [0.25, 0.3) is 0 Å². The molecule has 0 unspecified atom stereocenters. The van der Waals surface area contributed by atoms with Crippen molar-refractivity contribution in [3.05, 3.63) is 11.6 Å². The molecule has 1 aliphatic heterocycles. The molecule has 1 heterocycles. The Morgan fingerprint density at radius 1 is 0.868 bits per heavy atom. The summed E-state index contributed by atoms with van der Waals surface area (Å²) in [6.45, 7) is 15.9. The number of aliphatic hydroxyl groups excluding tert-OH is 5. The number of carbonyl (C=O) groups excluding carboxylic acids is 1. The Labute approximate surface area is 314 Å². The molecule has 53 heavy (non-hydrogen) atoms. The Morgan fingerprint density at radius 3 is 2.25 bits per heavy atom. The lowest BCUT2D eigenvalue weighted by Crippen LogP contribution is -2.65. The third kappa shape index (κ3) is 5.87. The standard InChI is InChI=1S/C42H66O11/c1-37(2)14-16-42(36(49)50)17-15-40(6)23(24(42)19-37)8-9-28-39(5)12-11-29(38(3,4)27(39)10-13-41(28,40)7)53-35-34(31(46)25(44)21-51-35)52-26-18-22(20-43)30(45)33(48)32(26)47/h8,22,24-30,32-35,43-45,47-48H,9-21H2,1-7H3,(H,49,50)/t22-,24+,25-,26-,27-,28-,29+,30-,32+,33+,34-,35+,39+,40-,41-,42+/m1/s1. The Morgan fingerprint density at radius 2 is 1.57 bits per heavy atom. The van der Waals surface area contributed by atoms with E-state index in [9.17, 15) is 40.2 Å². The van der Waals surface area contributed by atoms with Crippen LogP contribution in [0.5, 0.6) is 0 Å². The van der Waals surface area contributed by atoms with Crippen LogP contribution in [-0.2, 0) is 23.8 Å². The second-order valence-electron chi connectivity index (χ2n) is 20.5. The fourth-order valence-electron chi connectivity index (χ4n) is 13.7. The van der Waals surface area contributed by atoms with Crippen LogP contribution in [0, 0.1) is 56.2 Å². The minimum absolute atomic E-state index is 0.00285. The molecule has 7 rings (SSSR count). The number of hydrogen-bond donors (Lipinski definition) is 6. The summed E-state index contributed by atoms with van der Waals surface area (Å²) in [4.78, 5) is 26.4. The van der Waals surface area contributed by atoms with Crippen LogP contribution in [0.2, 0.25) is 0 Å². The Hall–Kier alpha value is -1.44. The minimum atomic E-state index is -1.57. The lowest BCUT2D eigenvalue weighted by atomic mass is 9.33. The summed E-state index contributed by atoms with van der Waals surface area (Å²) in [6.07, 6.45) is 1.61. The summed E-state index contributed by atoms with van der Waals surface area (Å²) in [6, 6.07) is 0. The molecule has 0 spiro atoms. The maximum Gasteiger partial charge on any atom is 0.310 e. The van der Waals surface area contributed by atoms with Crippen LogP contribution in [-0.4, -0.2) is 105 Å². The number of fused-ring (bicyclic) bond motifs is 7. The number of carboxylic acid groups (broad SMARTS) is 1. The van der Waals surface area contributed by atoms with Crippen molar-refractivity contribution in [2.24, 2.45) is 56.2 Å². The third-order valence-corrected chi connectivity index (χ3v) is 17.2. The van der Waals surface area contributed by atoms with Crippen molar-refractivity contribution < 1.29 is 54.4 Å². The molecule has 11 heteroatoms. The van der Waals surface area contributed by atoms with E-state index in [0.717, 1.165) is 64.2 Å². The lowest BCUT2D eigenvalue weighted by Gasteiger charge is -2.71. The van der Waals surface area contributed by atoms with Crippen LogP contribution in [0.1, 0.15) is 119 Å². The van der Waals surface area contributed by atoms with Gasteiger partial charge < -0.3 is 44.8 Å². The molecule has 0 bridgehead atoms. The number of carbonyl (C=O) groups is 2. The van der Waals surface area contributed by atoms with Crippen molar-refractivity contribution >= 4 is 11.8 Å². The monoisotopic (exact) mass is 746 g/mol. The maximum absolute atomic E-state index is 13.4. The van der Waals surface area contributed by atoms with Crippen LogP contribution >= 0.6 is 0 Å². The minimum Gasteiger partial charge on any atom is -0.481 e. The van der Waals surface area contributed by atoms with Crippen molar-refractivity contribution in [1.29, 1.82) is 0 Å². The quantitative estimate of drug-likeness (QED) is 0.168. The number of Topliss-reactive ketones (excluding diaryl/α,β-unsaturated/α-hetero) is 1. The van der Waals surface area contributed by atoms with Crippen molar-refractivity contribution in [1.82, 2.24) is 0 Å². The average Bonchev–Trinajstić information content (AvgIpc) is 3.08. The average molecular weight is 747 g/mol. The third-order valence-electron chi connectivity index (χ3n) is 17.2. The summed E-state index contributed by atoms with van der Waals surface area (Å²) in [5.41, 5.74) is 0.464. The number of ketones is 1. The first kappa shape index (κ1) is 39.8. The topological polar surface area (TPSA) is 183 Å². The number of aliphatic hydroxyl groups is 5. The zero-order valence-electron chi connectivity index (χ0n) is 32.9. The van der Waals surface area contributed by atoms with Gasteiger partial charge in [0.25, 0.3) is 0 Å². The van der Waals surface area contributed by atoms with Gasteiger partial charge in [0.15, 0.2) is 18.2 Å². The fraction of sp³-hybridized carbons (Fsp3) is 0.905. The predicted octanol–water partition coefficient (Wildman–Crippen LogP) is 4.39. The molecule has 6 aliphatic carbocycles. The van der Waals surface area contributed by atoms with Gasteiger partial charge >= 0.3 is 5.97 Å². The van der Waals surface area contributed by atoms with Gasteiger partial charge in [0.05, 0.1) is 30.3 Å². The summed E-state index contributed by atoms with van der Waals surface area (Å²) in [5, 5.41) is 62.5. The molecule has 16 atom stereocenters. The molecule has 6 N–H and O–H groups in total. The Kier molecular flexibility index (Phi) is 10.00. The first-order valence-corrected chi connectivity index (χ1v) is 20.4. The van der Waals surface area contributed by atoms with E-state index in [1.165, 1.54) is 5.57 Å². The summed E-state index contributed by atoms with van der Waals surface area (Å²) < 4.78 is 18.8. The van der Waals surface area contributed by atoms with Gasteiger partial charge in [-0.3, -0.25) is 9.59 Å². The fourth-order valence-corrected chi connectivity index (χ4v) is 13.7. The van der Waals surface area contributed by atoms with Crippen LogP contribution in [0.3, 0.4) is 0 Å². The van der Waals surface area contributed by atoms with E-state index in [0.29, 0.717) is 11.8 Å². The van der Waals surface area contributed by atoms with Gasteiger partial charge in [-0.05, 0) is 115 Å². The smallest absolute Gasteiger partial charge is 0.310 e. The molecule has 0 amide bonds. The molecular formula is C42H66O11. The van der Waals surface area contributed by atoms with E-state index in [2.05, 4.69) is 54.5 Å². The predicted molar refractivity (Wildman–Crippen MR) is 194 cm³/mol. The maximum atomic E-state index is 13.4. The SMILES string of the molecule is CC1(C)CC[C@]2(C(=O)O)CC[C@]3(C)C(=CC[C@@H]4[C@@]5(C)CC[C@H](O[C@@H]6OC[C@@H](O)C(=O)[C@H]6O[C@@H]6C[C@H](CO)[C@@H](O)[C@H](O)[C@H]6O)C(C)(C)[C@H]5CC[C@]43C)[C@@H]2C1. The lowest BCUT2D eigenvalue weighted by molar-refractivity contribution is -0.296. The Balaban J connectivity index is 1.13. The highest BCUT2D eigenvalue weighted by Gasteiger charge is 2.69. The molecule has 7 aliphatic rings. The van der Waals surface area contributed by atoms with E-state index in [1.807, 2.05) is 0 Å². The van der Waals surface area contributed by atoms with Crippen molar-refractivity contribution in [3.63, 3.8) is 0 Å². The van der Waals surface area contributed by atoms with Crippen LogP contribution in [0.15, 0.2) is 11.6 Å². The van der Waals surface area contributed by atoms with Gasteiger partial charge in [0.1, 0.15) is 18.3 Å². The van der Waals surface area contributed by atoms with Gasteiger partial charge in [-0.1, -0.05) is 60.1 Å². The number of ether oxygens (including phenoxy) is 3. The Bertz CT molecular complexity index is 1470. The zero-order chi connectivity index (χ0) is 38.7. The first-order chi connectivity index (χ1) is 24.7. The highest BCUT2D eigenvalue weighted by molar-refractivity contribution is 5.88. The van der Waals surface area contributed by atoms with Gasteiger partial charge in [-0.15, -0.1) is 0 Å². The normalized spacial score (nSPS) is 51.9. The molecule has 0 aromatic rings. The largest absolute Gasteiger partial charge is 0.481 e. The van der Waals surface area contributed by atoms with E-state index < -0.39 is 72.6 Å². The molecule has 5 saturated carbocycles. The van der Waals surface area contributed by atoms with E-state index in [1.54, 1.807) is 0 Å². The first-order valence-electron chi connectivity index (χ1n) is 20.4. The van der Waals surface area contributed by atoms with Gasteiger partial charge in [-0.2, -0.15) is 0 Å². The number of aliphatic carboxylic acids is 1.